The maximum absolute atomic E-state index is 13.4. The number of nitrogens with zero attached hydrogens (tertiary/aromatic N) is 1. The van der Waals surface area contributed by atoms with Gasteiger partial charge in [0.05, 0.1) is 11.5 Å². The van der Waals surface area contributed by atoms with Crippen molar-refractivity contribution in [2.75, 3.05) is 11.5 Å². The van der Waals surface area contributed by atoms with Crippen molar-refractivity contribution >= 4 is 27.3 Å². The molecule has 0 radical (unpaired) electrons. The topological polar surface area (TPSA) is 54.5 Å². The van der Waals surface area contributed by atoms with Crippen LogP contribution in [-0.4, -0.2) is 36.8 Å². The molecule has 2 fully saturated rings. The Bertz CT molecular complexity index is 772. The Morgan fingerprint density at radius 2 is 1.93 bits per heavy atom. The Balaban J connectivity index is 1.70. The van der Waals surface area contributed by atoms with Gasteiger partial charge in [0.1, 0.15) is 0 Å². The predicted molar refractivity (Wildman–Crippen MR) is 114 cm³/mol. The third-order valence-corrected chi connectivity index (χ3v) is 8.32. The van der Waals surface area contributed by atoms with Crippen molar-refractivity contribution in [1.82, 2.24) is 4.90 Å². The average Bonchev–Trinajstić information content (AvgIpc) is 3.04. The molecule has 0 spiro atoms. The van der Waals surface area contributed by atoms with Crippen molar-refractivity contribution in [1.29, 1.82) is 0 Å². The van der Waals surface area contributed by atoms with Gasteiger partial charge in [0.2, 0.25) is 5.91 Å². The van der Waals surface area contributed by atoms with E-state index in [-0.39, 0.29) is 29.4 Å². The number of rotatable bonds is 7. The van der Waals surface area contributed by atoms with Crippen LogP contribution in [0, 0.1) is 11.8 Å². The zero-order chi connectivity index (χ0) is 20.1. The van der Waals surface area contributed by atoms with Gasteiger partial charge in [-0.05, 0) is 55.7 Å². The minimum atomic E-state index is -3.04. The van der Waals surface area contributed by atoms with Crippen molar-refractivity contribution in [3.63, 3.8) is 0 Å². The molecular formula is C22H32ClNO3S. The minimum absolute atomic E-state index is 0.0281. The quantitative estimate of drug-likeness (QED) is 0.627. The molecule has 3 rings (SSSR count). The van der Waals surface area contributed by atoms with E-state index in [0.29, 0.717) is 18.0 Å². The van der Waals surface area contributed by atoms with E-state index >= 15 is 0 Å². The molecule has 4 nitrogen and oxygen atoms in total. The highest BCUT2D eigenvalue weighted by Gasteiger charge is 2.38. The van der Waals surface area contributed by atoms with Gasteiger partial charge >= 0.3 is 0 Å². The number of hydrogen-bond donors (Lipinski definition) is 0. The van der Waals surface area contributed by atoms with Gasteiger partial charge in [0, 0.05) is 23.5 Å². The predicted octanol–water partition coefficient (Wildman–Crippen LogP) is 4.85. The molecule has 0 N–H and O–H groups in total. The van der Waals surface area contributed by atoms with Crippen LogP contribution in [-0.2, 0) is 21.2 Å². The van der Waals surface area contributed by atoms with E-state index in [0.717, 1.165) is 37.2 Å². The zero-order valence-electron chi connectivity index (χ0n) is 16.8. The summed E-state index contributed by atoms with van der Waals surface area (Å²) in [7, 11) is -3.04. The summed E-state index contributed by atoms with van der Waals surface area (Å²) in [6, 6.07) is 7.30. The lowest BCUT2D eigenvalue weighted by atomic mass is 9.79. The number of halogens is 1. The fraction of sp³-hybridized carbons (Fsp3) is 0.682. The molecule has 1 heterocycles. The summed E-state index contributed by atoms with van der Waals surface area (Å²) in [4.78, 5) is 15.2. The molecule has 1 aromatic carbocycles. The summed E-state index contributed by atoms with van der Waals surface area (Å²) in [5, 5.41) is 0.639. The Labute approximate surface area is 174 Å². The largest absolute Gasteiger partial charge is 0.334 e. The number of carbonyl (C=O) groups excluding carboxylic acids is 1. The lowest BCUT2D eigenvalue weighted by Crippen LogP contribution is -2.44. The van der Waals surface area contributed by atoms with Gasteiger partial charge in [-0.15, -0.1) is 0 Å². The van der Waals surface area contributed by atoms with Gasteiger partial charge in [-0.2, -0.15) is 0 Å². The molecule has 1 aliphatic heterocycles. The van der Waals surface area contributed by atoms with E-state index in [1.54, 1.807) is 0 Å². The van der Waals surface area contributed by atoms with Crippen molar-refractivity contribution < 1.29 is 13.2 Å². The molecule has 1 aliphatic carbocycles. The Kier molecular flexibility index (Phi) is 7.43. The van der Waals surface area contributed by atoms with Gasteiger partial charge in [-0.3, -0.25) is 4.79 Å². The van der Waals surface area contributed by atoms with Crippen molar-refractivity contribution in [3.8, 4) is 0 Å². The maximum Gasteiger partial charge on any atom is 0.226 e. The summed E-state index contributed by atoms with van der Waals surface area (Å²) >= 11 is 6.12. The fourth-order valence-corrected chi connectivity index (χ4v) is 6.61. The molecule has 1 saturated carbocycles. The highest BCUT2D eigenvalue weighted by atomic mass is 35.5. The van der Waals surface area contributed by atoms with Crippen LogP contribution >= 0.6 is 11.6 Å². The fourth-order valence-electron chi connectivity index (χ4n) is 4.67. The third kappa shape index (κ3) is 5.73. The van der Waals surface area contributed by atoms with Gasteiger partial charge in [0.25, 0.3) is 0 Å². The second kappa shape index (κ2) is 9.62. The summed E-state index contributed by atoms with van der Waals surface area (Å²) in [5.74, 6) is 1.18. The summed E-state index contributed by atoms with van der Waals surface area (Å²) in [6.07, 6.45) is 8.39. The first-order valence-corrected chi connectivity index (χ1v) is 12.8. The van der Waals surface area contributed by atoms with E-state index < -0.39 is 9.84 Å². The molecule has 6 heteroatoms. The average molecular weight is 426 g/mol. The lowest BCUT2D eigenvalue weighted by Gasteiger charge is -2.35. The smallest absolute Gasteiger partial charge is 0.226 e. The molecule has 0 bridgehead atoms. The van der Waals surface area contributed by atoms with E-state index in [1.165, 1.54) is 19.3 Å². The second-order valence-electron chi connectivity index (χ2n) is 8.51. The summed E-state index contributed by atoms with van der Waals surface area (Å²) < 4.78 is 24.1. The van der Waals surface area contributed by atoms with Crippen LogP contribution in [0.15, 0.2) is 24.3 Å². The normalized spacial score (nSPS) is 26.9. The Morgan fingerprint density at radius 3 is 2.54 bits per heavy atom. The van der Waals surface area contributed by atoms with Crippen LogP contribution in [0.3, 0.4) is 0 Å². The molecule has 1 atom stereocenters. The maximum atomic E-state index is 13.4. The van der Waals surface area contributed by atoms with E-state index in [1.807, 2.05) is 29.2 Å². The van der Waals surface area contributed by atoms with Crippen molar-refractivity contribution in [3.05, 3.63) is 34.9 Å². The van der Waals surface area contributed by atoms with Gasteiger partial charge < -0.3 is 4.90 Å². The van der Waals surface area contributed by atoms with E-state index in [2.05, 4.69) is 6.92 Å². The van der Waals surface area contributed by atoms with E-state index in [9.17, 15) is 13.2 Å². The first kappa shape index (κ1) is 21.6. The Morgan fingerprint density at radius 1 is 1.18 bits per heavy atom. The number of sulfone groups is 1. The van der Waals surface area contributed by atoms with Crippen LogP contribution in [0.4, 0.5) is 0 Å². The monoisotopic (exact) mass is 425 g/mol. The van der Waals surface area contributed by atoms with Crippen LogP contribution in [0.1, 0.15) is 63.9 Å². The molecule has 156 valence electrons. The summed E-state index contributed by atoms with van der Waals surface area (Å²) in [5.41, 5.74) is 0.960. The highest BCUT2D eigenvalue weighted by Crippen LogP contribution is 2.34. The third-order valence-electron chi connectivity index (χ3n) is 6.34. The number of amides is 1. The first-order chi connectivity index (χ1) is 13.4. The highest BCUT2D eigenvalue weighted by molar-refractivity contribution is 7.91. The molecule has 2 aliphatic rings. The number of benzene rings is 1. The molecule has 28 heavy (non-hydrogen) atoms. The lowest BCUT2D eigenvalue weighted by molar-refractivity contribution is -0.139. The van der Waals surface area contributed by atoms with Crippen LogP contribution in [0.5, 0.6) is 0 Å². The standard InChI is InChI=1S/C22H32ClNO3S/c1-2-3-5-17-8-10-19(11-9-17)22(25)24(21-12-13-28(26,27)16-21)15-18-6-4-7-20(23)14-18/h4,6-7,14,17,19,21H,2-3,5,8-13,15-16H2,1H3/t17?,19?,21-/m0/s1. The van der Waals surface area contributed by atoms with Gasteiger partial charge in [-0.25, -0.2) is 8.42 Å². The molecule has 1 amide bonds. The summed E-state index contributed by atoms with van der Waals surface area (Å²) in [6.45, 7) is 2.66. The zero-order valence-corrected chi connectivity index (χ0v) is 18.4. The molecule has 1 aromatic rings. The Hall–Kier alpha value is -1.07. The minimum Gasteiger partial charge on any atom is -0.334 e. The molecular weight excluding hydrogens is 394 g/mol. The van der Waals surface area contributed by atoms with Gasteiger partial charge in [-0.1, -0.05) is 49.9 Å². The number of hydrogen-bond acceptors (Lipinski definition) is 3. The van der Waals surface area contributed by atoms with Crippen molar-refractivity contribution in [2.45, 2.75) is 70.9 Å². The first-order valence-electron chi connectivity index (χ1n) is 10.6. The van der Waals surface area contributed by atoms with Crippen LogP contribution < -0.4 is 0 Å². The van der Waals surface area contributed by atoms with Crippen molar-refractivity contribution in [2.24, 2.45) is 11.8 Å². The molecule has 0 unspecified atom stereocenters. The molecule has 1 saturated heterocycles. The number of carbonyl (C=O) groups is 1. The van der Waals surface area contributed by atoms with Crippen LogP contribution in [0.25, 0.3) is 0 Å². The molecule has 0 aromatic heterocycles. The van der Waals surface area contributed by atoms with Crippen LogP contribution in [0.2, 0.25) is 5.02 Å². The van der Waals surface area contributed by atoms with E-state index in [4.69, 9.17) is 11.6 Å². The number of unbranched alkanes of at least 4 members (excludes halogenated alkanes) is 1. The SMILES string of the molecule is CCCCC1CCC(C(=O)N(Cc2cccc(Cl)c2)[C@H]2CCS(=O)(=O)C2)CC1. The van der Waals surface area contributed by atoms with Gasteiger partial charge in [0.15, 0.2) is 9.84 Å². The second-order valence-corrected chi connectivity index (χ2v) is 11.2.